The van der Waals surface area contributed by atoms with Crippen LogP contribution in [0.25, 0.3) is 0 Å². The lowest BCUT2D eigenvalue weighted by molar-refractivity contribution is -0.385. The van der Waals surface area contributed by atoms with E-state index in [1.807, 2.05) is 0 Å². The van der Waals surface area contributed by atoms with Gasteiger partial charge in [-0.05, 0) is 18.9 Å². The molecule has 0 spiro atoms. The number of carbonyl (C=O) groups excluding carboxylic acids is 1. The Morgan fingerprint density at radius 3 is 2.75 bits per heavy atom. The Bertz CT molecular complexity index is 527. The molecule has 0 saturated carbocycles. The molecule has 1 aliphatic rings. The average molecular weight is 304 g/mol. The number of likely N-dealkylation sites (tertiary alicyclic amines) is 1. The fourth-order valence-corrected chi connectivity index (χ4v) is 2.18. The Labute approximate surface area is 121 Å². The molecule has 1 aromatic rings. The van der Waals surface area contributed by atoms with Crippen LogP contribution in [0.4, 0.5) is 10.1 Å². The first-order valence-electron chi connectivity index (χ1n) is 5.97. The molecule has 0 aromatic heterocycles. The first kappa shape index (κ1) is 16.3. The zero-order chi connectivity index (χ0) is 14.0. The van der Waals surface area contributed by atoms with E-state index in [-0.39, 0.29) is 24.0 Å². The number of nitro groups is 1. The van der Waals surface area contributed by atoms with Gasteiger partial charge in [0, 0.05) is 30.8 Å². The quantitative estimate of drug-likeness (QED) is 0.665. The van der Waals surface area contributed by atoms with Crippen molar-refractivity contribution in [3.63, 3.8) is 0 Å². The fourth-order valence-electron chi connectivity index (χ4n) is 2.18. The van der Waals surface area contributed by atoms with E-state index in [1.54, 1.807) is 0 Å². The van der Waals surface area contributed by atoms with Crippen molar-refractivity contribution in [1.82, 2.24) is 4.90 Å². The largest absolute Gasteiger partial charge is 0.337 e. The normalized spacial score (nSPS) is 18.3. The number of benzene rings is 1. The van der Waals surface area contributed by atoms with Crippen molar-refractivity contribution in [1.29, 1.82) is 0 Å². The molecule has 2 N–H and O–H groups in total. The highest BCUT2D eigenvalue weighted by Gasteiger charge is 2.24. The van der Waals surface area contributed by atoms with Crippen LogP contribution < -0.4 is 5.73 Å². The van der Waals surface area contributed by atoms with Crippen molar-refractivity contribution in [2.75, 3.05) is 13.1 Å². The standard InChI is InChI=1S/C12H14FN3O3.ClH/c13-9-4-8(5-11(6-9)16(18)19)12(17)15-3-1-2-10(14)7-15;/h4-6,10H,1-3,7,14H2;1H. The summed E-state index contributed by atoms with van der Waals surface area (Å²) in [7, 11) is 0. The molecule has 0 aliphatic carbocycles. The fraction of sp³-hybridized carbons (Fsp3) is 0.417. The zero-order valence-corrected chi connectivity index (χ0v) is 11.4. The Kier molecular flexibility index (Phi) is 5.41. The van der Waals surface area contributed by atoms with Gasteiger partial charge in [0.2, 0.25) is 0 Å². The summed E-state index contributed by atoms with van der Waals surface area (Å²) >= 11 is 0. The van der Waals surface area contributed by atoms with Crippen LogP contribution in [0.1, 0.15) is 23.2 Å². The van der Waals surface area contributed by atoms with E-state index in [2.05, 4.69) is 0 Å². The topological polar surface area (TPSA) is 89.5 Å². The Morgan fingerprint density at radius 2 is 2.15 bits per heavy atom. The van der Waals surface area contributed by atoms with Crippen LogP contribution >= 0.6 is 12.4 Å². The van der Waals surface area contributed by atoms with E-state index < -0.39 is 22.3 Å². The van der Waals surface area contributed by atoms with Gasteiger partial charge in [-0.2, -0.15) is 0 Å². The van der Waals surface area contributed by atoms with Crippen molar-refractivity contribution >= 4 is 24.0 Å². The third-order valence-corrected chi connectivity index (χ3v) is 3.09. The van der Waals surface area contributed by atoms with E-state index in [4.69, 9.17) is 5.73 Å². The van der Waals surface area contributed by atoms with E-state index in [0.29, 0.717) is 13.1 Å². The molecule has 6 nitrogen and oxygen atoms in total. The first-order valence-corrected chi connectivity index (χ1v) is 5.97. The van der Waals surface area contributed by atoms with Gasteiger partial charge >= 0.3 is 0 Å². The first-order chi connectivity index (χ1) is 8.97. The zero-order valence-electron chi connectivity index (χ0n) is 10.6. The van der Waals surface area contributed by atoms with Crippen molar-refractivity contribution in [3.8, 4) is 0 Å². The second kappa shape index (κ2) is 6.62. The van der Waals surface area contributed by atoms with Gasteiger partial charge in [0.05, 0.1) is 11.0 Å². The van der Waals surface area contributed by atoms with Crippen LogP contribution in [0.2, 0.25) is 0 Å². The number of nitrogens with two attached hydrogens (primary N) is 1. The summed E-state index contributed by atoms with van der Waals surface area (Å²) in [6.45, 7) is 0.931. The predicted molar refractivity (Wildman–Crippen MR) is 73.4 cm³/mol. The summed E-state index contributed by atoms with van der Waals surface area (Å²) in [5, 5.41) is 10.7. The molecule has 1 amide bonds. The predicted octanol–water partition coefficient (Wildman–Crippen LogP) is 1.72. The molecule has 1 aliphatic heterocycles. The molecule has 1 atom stereocenters. The number of non-ortho nitro benzene ring substituents is 1. The van der Waals surface area contributed by atoms with Crippen LogP contribution in [0.15, 0.2) is 18.2 Å². The van der Waals surface area contributed by atoms with Crippen molar-refractivity contribution in [2.45, 2.75) is 18.9 Å². The van der Waals surface area contributed by atoms with Crippen LogP contribution in [0.3, 0.4) is 0 Å². The molecule has 1 saturated heterocycles. The van der Waals surface area contributed by atoms with Crippen LogP contribution in [-0.2, 0) is 0 Å². The average Bonchev–Trinajstić information content (AvgIpc) is 2.37. The third-order valence-electron chi connectivity index (χ3n) is 3.09. The lowest BCUT2D eigenvalue weighted by Crippen LogP contribution is -2.45. The van der Waals surface area contributed by atoms with Gasteiger partial charge < -0.3 is 10.6 Å². The van der Waals surface area contributed by atoms with Gasteiger partial charge in [0.1, 0.15) is 5.82 Å². The number of nitrogens with zero attached hydrogens (tertiary/aromatic N) is 2. The second-order valence-electron chi connectivity index (χ2n) is 4.61. The van der Waals surface area contributed by atoms with E-state index in [0.717, 1.165) is 31.0 Å². The molecule has 110 valence electrons. The summed E-state index contributed by atoms with van der Waals surface area (Å²) in [6.07, 6.45) is 1.62. The number of carbonyl (C=O) groups is 1. The molecule has 1 heterocycles. The highest BCUT2D eigenvalue weighted by molar-refractivity contribution is 5.95. The molecular weight excluding hydrogens is 289 g/mol. The number of nitro benzene ring substituents is 1. The van der Waals surface area contributed by atoms with E-state index >= 15 is 0 Å². The van der Waals surface area contributed by atoms with Gasteiger partial charge in [0.25, 0.3) is 11.6 Å². The molecule has 0 bridgehead atoms. The van der Waals surface area contributed by atoms with Gasteiger partial charge in [-0.25, -0.2) is 4.39 Å². The Hall–Kier alpha value is -1.73. The maximum atomic E-state index is 13.3. The maximum Gasteiger partial charge on any atom is 0.273 e. The Morgan fingerprint density at radius 1 is 1.45 bits per heavy atom. The minimum absolute atomic E-state index is 0. The minimum Gasteiger partial charge on any atom is -0.337 e. The van der Waals surface area contributed by atoms with E-state index in [9.17, 15) is 19.3 Å². The number of piperidine rings is 1. The summed E-state index contributed by atoms with van der Waals surface area (Å²) in [4.78, 5) is 23.6. The highest BCUT2D eigenvalue weighted by Crippen LogP contribution is 2.19. The minimum atomic E-state index is -0.793. The molecule has 1 aromatic carbocycles. The number of hydrogen-bond donors (Lipinski definition) is 1. The lowest BCUT2D eigenvalue weighted by Gasteiger charge is -2.30. The highest BCUT2D eigenvalue weighted by atomic mass is 35.5. The maximum absolute atomic E-state index is 13.3. The summed E-state index contributed by atoms with van der Waals surface area (Å²) in [5.41, 5.74) is 5.33. The molecule has 1 fully saturated rings. The summed E-state index contributed by atoms with van der Waals surface area (Å²) in [6, 6.07) is 2.79. The number of halogens is 2. The molecule has 2 rings (SSSR count). The molecule has 8 heteroatoms. The number of amides is 1. The number of hydrogen-bond acceptors (Lipinski definition) is 4. The molecular formula is C12H15ClFN3O3. The van der Waals surface area contributed by atoms with Crippen LogP contribution in [0, 0.1) is 15.9 Å². The van der Waals surface area contributed by atoms with Crippen molar-refractivity contribution < 1.29 is 14.1 Å². The van der Waals surface area contributed by atoms with Gasteiger partial charge in [-0.3, -0.25) is 14.9 Å². The molecule has 0 radical (unpaired) electrons. The summed E-state index contributed by atoms with van der Waals surface area (Å²) < 4.78 is 13.3. The summed E-state index contributed by atoms with van der Waals surface area (Å²) in [5.74, 6) is -1.21. The monoisotopic (exact) mass is 303 g/mol. The van der Waals surface area contributed by atoms with Gasteiger partial charge in [0.15, 0.2) is 0 Å². The van der Waals surface area contributed by atoms with Crippen LogP contribution in [-0.4, -0.2) is 34.9 Å². The van der Waals surface area contributed by atoms with Gasteiger partial charge in [-0.15, -0.1) is 12.4 Å². The number of rotatable bonds is 2. The van der Waals surface area contributed by atoms with E-state index in [1.165, 1.54) is 4.90 Å². The van der Waals surface area contributed by atoms with Crippen LogP contribution in [0.5, 0.6) is 0 Å². The van der Waals surface area contributed by atoms with Crippen molar-refractivity contribution in [3.05, 3.63) is 39.7 Å². The second-order valence-corrected chi connectivity index (χ2v) is 4.61. The SMILES string of the molecule is Cl.NC1CCCN(C(=O)c2cc(F)cc([N+](=O)[O-])c2)C1. The smallest absolute Gasteiger partial charge is 0.273 e. The van der Waals surface area contributed by atoms with Crippen molar-refractivity contribution in [2.24, 2.45) is 5.73 Å². The molecule has 1 unspecified atom stereocenters. The lowest BCUT2D eigenvalue weighted by atomic mass is 10.1. The third kappa shape index (κ3) is 3.64. The molecule has 20 heavy (non-hydrogen) atoms. The Balaban J connectivity index is 0.00000200. The van der Waals surface area contributed by atoms with Gasteiger partial charge in [-0.1, -0.05) is 0 Å².